The second-order valence-electron chi connectivity index (χ2n) is 4.34. The summed E-state index contributed by atoms with van der Waals surface area (Å²) in [5.41, 5.74) is 8.63. The van der Waals surface area contributed by atoms with E-state index in [1.165, 1.54) is 0 Å². The molecule has 0 saturated heterocycles. The molecule has 3 aromatic rings. The molecule has 3 N–H and O–H groups in total. The largest absolute Gasteiger partial charge is 0.398 e. The first kappa shape index (κ1) is 12.6. The van der Waals surface area contributed by atoms with Gasteiger partial charge < -0.3 is 11.1 Å². The molecular formula is C13H14N6S. The summed E-state index contributed by atoms with van der Waals surface area (Å²) in [5, 5.41) is 16.9. The van der Waals surface area contributed by atoms with E-state index >= 15 is 0 Å². The minimum absolute atomic E-state index is 0.710. The van der Waals surface area contributed by atoms with Crippen LogP contribution in [0.25, 0.3) is 5.69 Å². The van der Waals surface area contributed by atoms with Crippen LogP contribution in [0.15, 0.2) is 35.7 Å². The zero-order valence-electron chi connectivity index (χ0n) is 10.9. The van der Waals surface area contributed by atoms with E-state index in [0.29, 0.717) is 6.54 Å². The number of thiophene rings is 1. The van der Waals surface area contributed by atoms with Crippen LogP contribution in [0.4, 0.5) is 11.4 Å². The number of nitrogen functional groups attached to an aromatic ring is 1. The molecule has 1 aromatic carbocycles. The lowest BCUT2D eigenvalue weighted by molar-refractivity contribution is 0.779. The zero-order valence-corrected chi connectivity index (χ0v) is 11.8. The second-order valence-corrected chi connectivity index (χ2v) is 5.34. The number of nitrogens with zero attached hydrogens (tertiary/aromatic N) is 4. The smallest absolute Gasteiger partial charge is 0.153 e. The predicted molar refractivity (Wildman–Crippen MR) is 79.9 cm³/mol. The number of nitrogens with one attached hydrogen (secondary N) is 1. The van der Waals surface area contributed by atoms with Crippen LogP contribution in [0.2, 0.25) is 0 Å². The lowest BCUT2D eigenvalue weighted by Crippen LogP contribution is -2.03. The lowest BCUT2D eigenvalue weighted by atomic mass is 10.2. The van der Waals surface area contributed by atoms with Crippen LogP contribution in [0.1, 0.15) is 10.7 Å². The van der Waals surface area contributed by atoms with Gasteiger partial charge in [0.2, 0.25) is 0 Å². The van der Waals surface area contributed by atoms with Gasteiger partial charge in [0, 0.05) is 16.3 Å². The Balaban J connectivity index is 1.78. The number of anilines is 2. The van der Waals surface area contributed by atoms with E-state index < -0.39 is 0 Å². The quantitative estimate of drug-likeness (QED) is 0.768. The Labute approximate surface area is 120 Å². The Kier molecular flexibility index (Phi) is 3.34. The van der Waals surface area contributed by atoms with Gasteiger partial charge >= 0.3 is 0 Å². The number of aromatic nitrogens is 4. The normalized spacial score (nSPS) is 10.7. The van der Waals surface area contributed by atoms with Gasteiger partial charge in [-0.2, -0.15) is 4.68 Å². The molecule has 0 aliphatic carbocycles. The third-order valence-electron chi connectivity index (χ3n) is 2.95. The maximum Gasteiger partial charge on any atom is 0.153 e. The van der Waals surface area contributed by atoms with E-state index in [4.69, 9.17) is 5.73 Å². The van der Waals surface area contributed by atoms with Crippen LogP contribution in [0.3, 0.4) is 0 Å². The topological polar surface area (TPSA) is 81.7 Å². The predicted octanol–water partition coefficient (Wildman–Crippen LogP) is 2.23. The Morgan fingerprint density at radius 3 is 2.95 bits per heavy atom. The van der Waals surface area contributed by atoms with Crippen molar-refractivity contribution in [3.05, 3.63) is 46.4 Å². The Bertz CT molecular complexity index is 717. The Morgan fingerprint density at radius 2 is 2.25 bits per heavy atom. The van der Waals surface area contributed by atoms with E-state index in [0.717, 1.165) is 27.8 Å². The summed E-state index contributed by atoms with van der Waals surface area (Å²) in [6, 6.07) is 9.87. The van der Waals surface area contributed by atoms with E-state index in [-0.39, 0.29) is 0 Å². The maximum absolute atomic E-state index is 5.87. The summed E-state index contributed by atoms with van der Waals surface area (Å²) in [4.78, 5) is 1.13. The SMILES string of the molecule is Cc1nnnn1-c1cccc(NCc2sccc2N)c1. The molecule has 0 aliphatic rings. The highest BCUT2D eigenvalue weighted by atomic mass is 32.1. The molecule has 0 bridgehead atoms. The number of aryl methyl sites for hydroxylation is 1. The first-order valence-electron chi connectivity index (χ1n) is 6.15. The van der Waals surface area contributed by atoms with E-state index in [1.807, 2.05) is 42.6 Å². The fourth-order valence-corrected chi connectivity index (χ4v) is 2.63. The molecule has 0 fully saturated rings. The third kappa shape index (κ3) is 2.48. The average molecular weight is 286 g/mol. The van der Waals surface area contributed by atoms with Crippen LogP contribution >= 0.6 is 11.3 Å². The number of benzene rings is 1. The van der Waals surface area contributed by atoms with Gasteiger partial charge in [0.1, 0.15) is 0 Å². The number of rotatable bonds is 4. The Morgan fingerprint density at radius 1 is 1.35 bits per heavy atom. The molecule has 102 valence electrons. The number of hydrogen-bond acceptors (Lipinski definition) is 6. The molecular weight excluding hydrogens is 272 g/mol. The highest BCUT2D eigenvalue weighted by Gasteiger charge is 2.05. The summed E-state index contributed by atoms with van der Waals surface area (Å²) < 4.78 is 1.70. The monoisotopic (exact) mass is 286 g/mol. The maximum atomic E-state index is 5.87. The second kappa shape index (κ2) is 5.30. The van der Waals surface area contributed by atoms with Crippen molar-refractivity contribution in [1.82, 2.24) is 20.2 Å². The van der Waals surface area contributed by atoms with E-state index in [1.54, 1.807) is 16.0 Å². The zero-order chi connectivity index (χ0) is 13.9. The number of hydrogen-bond donors (Lipinski definition) is 2. The summed E-state index contributed by atoms with van der Waals surface area (Å²) in [5.74, 6) is 0.754. The summed E-state index contributed by atoms with van der Waals surface area (Å²) >= 11 is 1.65. The van der Waals surface area contributed by atoms with Gasteiger partial charge in [0.25, 0.3) is 0 Å². The van der Waals surface area contributed by atoms with Crippen LogP contribution in [0.5, 0.6) is 0 Å². The molecule has 0 saturated carbocycles. The van der Waals surface area contributed by atoms with Crippen molar-refractivity contribution in [3.63, 3.8) is 0 Å². The third-order valence-corrected chi connectivity index (χ3v) is 3.89. The fraction of sp³-hybridized carbons (Fsp3) is 0.154. The van der Waals surface area contributed by atoms with Gasteiger partial charge in [-0.3, -0.25) is 0 Å². The first-order chi connectivity index (χ1) is 9.74. The van der Waals surface area contributed by atoms with Gasteiger partial charge in [0.05, 0.1) is 12.2 Å². The highest BCUT2D eigenvalue weighted by molar-refractivity contribution is 7.10. The Hall–Kier alpha value is -2.41. The highest BCUT2D eigenvalue weighted by Crippen LogP contribution is 2.21. The minimum Gasteiger partial charge on any atom is -0.398 e. The number of nitrogens with two attached hydrogens (primary N) is 1. The van der Waals surface area contributed by atoms with Gasteiger partial charge in [-0.15, -0.1) is 16.4 Å². The van der Waals surface area contributed by atoms with Crippen LogP contribution in [-0.2, 0) is 6.54 Å². The van der Waals surface area contributed by atoms with Gasteiger partial charge in [-0.25, -0.2) is 0 Å². The molecule has 0 atom stereocenters. The van der Waals surface area contributed by atoms with Crippen molar-refractivity contribution >= 4 is 22.7 Å². The lowest BCUT2D eigenvalue weighted by Gasteiger charge is -2.08. The van der Waals surface area contributed by atoms with Crippen molar-refractivity contribution in [2.24, 2.45) is 0 Å². The summed E-state index contributed by atoms with van der Waals surface area (Å²) in [7, 11) is 0. The molecule has 0 amide bonds. The summed E-state index contributed by atoms with van der Waals surface area (Å²) in [6.07, 6.45) is 0. The van der Waals surface area contributed by atoms with E-state index in [2.05, 4.69) is 20.8 Å². The molecule has 0 spiro atoms. The van der Waals surface area contributed by atoms with Crippen molar-refractivity contribution in [1.29, 1.82) is 0 Å². The fourth-order valence-electron chi connectivity index (χ4n) is 1.89. The number of tetrazole rings is 1. The standard InChI is InChI=1S/C13H14N6S/c1-9-16-17-18-19(9)11-4-2-3-10(7-11)15-8-13-12(14)5-6-20-13/h2-7,15H,8,14H2,1H3. The molecule has 0 radical (unpaired) electrons. The van der Waals surface area contributed by atoms with Crippen molar-refractivity contribution in [3.8, 4) is 5.69 Å². The van der Waals surface area contributed by atoms with Crippen molar-refractivity contribution in [2.75, 3.05) is 11.1 Å². The molecule has 6 nitrogen and oxygen atoms in total. The van der Waals surface area contributed by atoms with Crippen molar-refractivity contribution < 1.29 is 0 Å². The molecule has 20 heavy (non-hydrogen) atoms. The van der Waals surface area contributed by atoms with Crippen molar-refractivity contribution in [2.45, 2.75) is 13.5 Å². The van der Waals surface area contributed by atoms with Gasteiger partial charge in [0.15, 0.2) is 5.82 Å². The molecule has 3 rings (SSSR count). The molecule has 0 unspecified atom stereocenters. The van der Waals surface area contributed by atoms with Gasteiger partial charge in [-0.1, -0.05) is 6.07 Å². The first-order valence-corrected chi connectivity index (χ1v) is 7.03. The molecule has 2 heterocycles. The molecule has 7 heteroatoms. The van der Waals surface area contributed by atoms with Gasteiger partial charge in [-0.05, 0) is 47.0 Å². The van der Waals surface area contributed by atoms with Crippen LogP contribution < -0.4 is 11.1 Å². The molecule has 2 aromatic heterocycles. The average Bonchev–Trinajstić information content (AvgIpc) is 3.05. The molecule has 0 aliphatic heterocycles. The van der Waals surface area contributed by atoms with Crippen LogP contribution in [0, 0.1) is 6.92 Å². The van der Waals surface area contributed by atoms with Crippen LogP contribution in [-0.4, -0.2) is 20.2 Å². The van der Waals surface area contributed by atoms with E-state index in [9.17, 15) is 0 Å². The minimum atomic E-state index is 0.710. The summed E-state index contributed by atoms with van der Waals surface area (Å²) in [6.45, 7) is 2.58.